The summed E-state index contributed by atoms with van der Waals surface area (Å²) in [6.07, 6.45) is -1.10. The van der Waals surface area contributed by atoms with Gasteiger partial charge in [0.05, 0.1) is 5.56 Å². The number of aliphatic hydroxyl groups excluding tert-OH is 1. The molecule has 0 spiro atoms. The summed E-state index contributed by atoms with van der Waals surface area (Å²) in [6, 6.07) is 4.02. The summed E-state index contributed by atoms with van der Waals surface area (Å²) in [5, 5.41) is 20.3. The first-order valence-electron chi connectivity index (χ1n) is 3.96. The Morgan fingerprint density at radius 2 is 2.14 bits per heavy atom. The summed E-state index contributed by atoms with van der Waals surface area (Å²) in [5.74, 6) is -1.47. The summed E-state index contributed by atoms with van der Waals surface area (Å²) in [4.78, 5) is 21.7. The number of carbonyl (C=O) groups excluding carboxylic acids is 1. The molecule has 0 bridgehead atoms. The number of fused-ring (bicyclic) bond motifs is 1. The Morgan fingerprint density at radius 1 is 1.43 bits per heavy atom. The molecule has 3 N–H and O–H groups in total. The third-order valence-electron chi connectivity index (χ3n) is 2.11. The van der Waals surface area contributed by atoms with Gasteiger partial charge in [-0.05, 0) is 18.2 Å². The molecule has 1 aromatic rings. The van der Waals surface area contributed by atoms with Gasteiger partial charge < -0.3 is 15.5 Å². The van der Waals surface area contributed by atoms with Crippen molar-refractivity contribution in [1.82, 2.24) is 5.32 Å². The average molecular weight is 193 g/mol. The van der Waals surface area contributed by atoms with Gasteiger partial charge in [0, 0.05) is 11.1 Å². The third kappa shape index (κ3) is 1.14. The van der Waals surface area contributed by atoms with Crippen LogP contribution < -0.4 is 5.32 Å². The fraction of sp³-hybridized carbons (Fsp3) is 0.111. The molecule has 2 rings (SSSR count). The first-order chi connectivity index (χ1) is 6.59. The van der Waals surface area contributed by atoms with Gasteiger partial charge in [-0.3, -0.25) is 4.79 Å². The first-order valence-corrected chi connectivity index (χ1v) is 3.96. The van der Waals surface area contributed by atoms with Crippen molar-refractivity contribution in [3.63, 3.8) is 0 Å². The maximum Gasteiger partial charge on any atom is 0.335 e. The highest BCUT2D eigenvalue weighted by molar-refractivity contribution is 6.00. The number of carboxylic acid groups (broad SMARTS) is 1. The zero-order valence-corrected chi connectivity index (χ0v) is 7.02. The minimum absolute atomic E-state index is 0.0549. The number of benzene rings is 1. The molecule has 1 amide bonds. The highest BCUT2D eigenvalue weighted by atomic mass is 16.4. The molecular formula is C9H7NO4. The van der Waals surface area contributed by atoms with E-state index in [9.17, 15) is 14.7 Å². The molecule has 1 atom stereocenters. The van der Waals surface area contributed by atoms with Crippen molar-refractivity contribution < 1.29 is 19.8 Å². The molecule has 0 fully saturated rings. The van der Waals surface area contributed by atoms with E-state index in [2.05, 4.69) is 5.32 Å². The second-order valence-corrected chi connectivity index (χ2v) is 2.98. The van der Waals surface area contributed by atoms with Crippen molar-refractivity contribution >= 4 is 11.9 Å². The number of hydrogen-bond acceptors (Lipinski definition) is 3. The van der Waals surface area contributed by atoms with E-state index in [1.165, 1.54) is 18.2 Å². The maximum atomic E-state index is 11.1. The van der Waals surface area contributed by atoms with Gasteiger partial charge >= 0.3 is 5.97 Å². The van der Waals surface area contributed by atoms with Gasteiger partial charge in [-0.15, -0.1) is 0 Å². The molecule has 1 unspecified atom stereocenters. The molecule has 0 aliphatic carbocycles. The number of carboxylic acids is 1. The fourth-order valence-corrected chi connectivity index (χ4v) is 1.41. The Kier molecular flexibility index (Phi) is 1.75. The van der Waals surface area contributed by atoms with E-state index in [1.54, 1.807) is 0 Å². The second-order valence-electron chi connectivity index (χ2n) is 2.98. The predicted molar refractivity (Wildman–Crippen MR) is 45.8 cm³/mol. The van der Waals surface area contributed by atoms with E-state index in [-0.39, 0.29) is 11.5 Å². The van der Waals surface area contributed by atoms with E-state index in [4.69, 9.17) is 5.11 Å². The Labute approximate surface area is 79.0 Å². The fourth-order valence-electron chi connectivity index (χ4n) is 1.41. The molecule has 1 heterocycles. The molecule has 1 aliphatic heterocycles. The number of nitrogens with one attached hydrogen (secondary N) is 1. The lowest BCUT2D eigenvalue weighted by Crippen LogP contribution is -2.17. The highest BCUT2D eigenvalue weighted by Crippen LogP contribution is 2.24. The minimum Gasteiger partial charge on any atom is -0.478 e. The van der Waals surface area contributed by atoms with Crippen LogP contribution >= 0.6 is 0 Å². The molecule has 1 aromatic carbocycles. The van der Waals surface area contributed by atoms with Gasteiger partial charge in [-0.2, -0.15) is 0 Å². The van der Waals surface area contributed by atoms with Crippen LogP contribution in [-0.2, 0) is 0 Å². The van der Waals surface area contributed by atoms with E-state index < -0.39 is 12.2 Å². The monoisotopic (exact) mass is 193 g/mol. The van der Waals surface area contributed by atoms with Gasteiger partial charge in [-0.1, -0.05) is 0 Å². The number of aromatic carboxylic acids is 1. The number of carbonyl (C=O) groups is 2. The Bertz CT molecular complexity index is 427. The highest BCUT2D eigenvalue weighted by Gasteiger charge is 2.27. The lowest BCUT2D eigenvalue weighted by Gasteiger charge is -2.02. The number of aliphatic hydroxyl groups is 1. The van der Waals surface area contributed by atoms with Gasteiger partial charge in [0.25, 0.3) is 5.91 Å². The molecular weight excluding hydrogens is 186 g/mol. The lowest BCUT2D eigenvalue weighted by atomic mass is 10.1. The Hall–Kier alpha value is -1.88. The van der Waals surface area contributed by atoms with E-state index in [0.29, 0.717) is 11.1 Å². The smallest absolute Gasteiger partial charge is 0.335 e. The van der Waals surface area contributed by atoms with Crippen molar-refractivity contribution in [3.8, 4) is 0 Å². The number of amides is 1. The van der Waals surface area contributed by atoms with Crippen molar-refractivity contribution in [2.24, 2.45) is 0 Å². The largest absolute Gasteiger partial charge is 0.478 e. The standard InChI is InChI=1S/C9H7NO4/c11-7-5-2-1-4(9(13)14)3-6(5)8(12)10-7/h1-3,8,12H,(H,10,11)(H,13,14). The summed E-state index contributed by atoms with van der Waals surface area (Å²) in [6.45, 7) is 0. The molecule has 0 aromatic heterocycles. The molecule has 0 saturated carbocycles. The summed E-state index contributed by atoms with van der Waals surface area (Å²) < 4.78 is 0. The van der Waals surface area contributed by atoms with Crippen LogP contribution in [0.5, 0.6) is 0 Å². The van der Waals surface area contributed by atoms with Gasteiger partial charge in [0.1, 0.15) is 0 Å². The molecule has 14 heavy (non-hydrogen) atoms. The van der Waals surface area contributed by atoms with Crippen LogP contribution in [-0.4, -0.2) is 22.1 Å². The SMILES string of the molecule is O=C(O)c1ccc2c(c1)C(O)NC2=O. The van der Waals surface area contributed by atoms with Crippen molar-refractivity contribution in [2.45, 2.75) is 6.23 Å². The van der Waals surface area contributed by atoms with Crippen LogP contribution in [0.1, 0.15) is 32.5 Å². The Morgan fingerprint density at radius 3 is 2.79 bits per heavy atom. The zero-order valence-electron chi connectivity index (χ0n) is 7.02. The minimum atomic E-state index is -1.10. The van der Waals surface area contributed by atoms with Crippen molar-refractivity contribution in [1.29, 1.82) is 0 Å². The van der Waals surface area contributed by atoms with Crippen LogP contribution in [0, 0.1) is 0 Å². The topological polar surface area (TPSA) is 86.6 Å². The predicted octanol–water partition coefficient (Wildman–Crippen LogP) is 0.119. The molecule has 0 radical (unpaired) electrons. The Balaban J connectivity index is 2.55. The van der Waals surface area contributed by atoms with Crippen LogP contribution in [0.25, 0.3) is 0 Å². The lowest BCUT2D eigenvalue weighted by molar-refractivity contribution is 0.0696. The quantitative estimate of drug-likeness (QED) is 0.591. The summed E-state index contributed by atoms with van der Waals surface area (Å²) in [7, 11) is 0. The van der Waals surface area contributed by atoms with Gasteiger partial charge in [0.2, 0.25) is 0 Å². The average Bonchev–Trinajstić information content (AvgIpc) is 2.42. The van der Waals surface area contributed by atoms with Gasteiger partial charge in [-0.25, -0.2) is 4.79 Å². The molecule has 0 saturated heterocycles. The van der Waals surface area contributed by atoms with Crippen LogP contribution in [0.4, 0.5) is 0 Å². The maximum absolute atomic E-state index is 11.1. The van der Waals surface area contributed by atoms with E-state index >= 15 is 0 Å². The van der Waals surface area contributed by atoms with Crippen molar-refractivity contribution in [3.05, 3.63) is 34.9 Å². The zero-order chi connectivity index (χ0) is 10.3. The number of hydrogen-bond donors (Lipinski definition) is 3. The van der Waals surface area contributed by atoms with E-state index in [0.717, 1.165) is 0 Å². The molecule has 1 aliphatic rings. The number of rotatable bonds is 1. The first kappa shape index (κ1) is 8.71. The molecule has 72 valence electrons. The van der Waals surface area contributed by atoms with Gasteiger partial charge in [0.15, 0.2) is 6.23 Å². The second kappa shape index (κ2) is 2.81. The summed E-state index contributed by atoms with van der Waals surface area (Å²) in [5.41, 5.74) is 0.691. The van der Waals surface area contributed by atoms with E-state index in [1.807, 2.05) is 0 Å². The normalized spacial score (nSPS) is 18.9. The van der Waals surface area contributed by atoms with Crippen molar-refractivity contribution in [2.75, 3.05) is 0 Å². The summed E-state index contributed by atoms with van der Waals surface area (Å²) >= 11 is 0. The van der Waals surface area contributed by atoms with Crippen LogP contribution in [0.15, 0.2) is 18.2 Å². The third-order valence-corrected chi connectivity index (χ3v) is 2.11. The van der Waals surface area contributed by atoms with Crippen LogP contribution in [0.2, 0.25) is 0 Å². The molecule has 5 nitrogen and oxygen atoms in total. The van der Waals surface area contributed by atoms with Crippen LogP contribution in [0.3, 0.4) is 0 Å². The molecule has 5 heteroatoms.